The van der Waals surface area contributed by atoms with E-state index in [2.05, 4.69) is 0 Å². The fourth-order valence-electron chi connectivity index (χ4n) is 1.52. The molecule has 1 aromatic rings. The van der Waals surface area contributed by atoms with Gasteiger partial charge in [-0.05, 0) is 44.5 Å². The number of Topliss-reactive ketones (excluding diaryl/α,β-unsaturated/α-hetero) is 1. The van der Waals surface area contributed by atoms with Crippen LogP contribution in [0.2, 0.25) is 0 Å². The number of carbonyl (C=O) groups excluding carboxylic acids is 1. The molecule has 0 aliphatic heterocycles. The molecule has 0 heterocycles. The second-order valence-electron chi connectivity index (χ2n) is 5.69. The first-order valence-corrected chi connectivity index (χ1v) is 5.66. The summed E-state index contributed by atoms with van der Waals surface area (Å²) in [6, 6.07) is 4.36. The zero-order valence-corrected chi connectivity index (χ0v) is 11.1. The first-order chi connectivity index (χ1) is 7.55. The molecule has 1 rings (SSSR count). The molecule has 3 heteroatoms. The number of hydrogen-bond acceptors (Lipinski definition) is 2. The largest absolute Gasteiger partial charge is 0.325 e. The van der Waals surface area contributed by atoms with Crippen molar-refractivity contribution in [2.45, 2.75) is 40.2 Å². The Labute approximate surface area is 102 Å². The molecule has 0 aromatic heterocycles. The third kappa shape index (κ3) is 2.72. The fraction of sp³-hybridized carbons (Fsp3) is 0.500. The second-order valence-corrected chi connectivity index (χ2v) is 5.69. The van der Waals surface area contributed by atoms with Crippen molar-refractivity contribution >= 4 is 5.78 Å². The van der Waals surface area contributed by atoms with Crippen molar-refractivity contribution in [3.63, 3.8) is 0 Å². The Morgan fingerprint density at radius 3 is 2.12 bits per heavy atom. The zero-order valence-electron chi connectivity index (χ0n) is 11.1. The summed E-state index contributed by atoms with van der Waals surface area (Å²) in [4.78, 5) is 12.4. The molecular weight excluding hydrogens is 217 g/mol. The van der Waals surface area contributed by atoms with Crippen LogP contribution in [0, 0.1) is 18.2 Å². The molecule has 0 saturated heterocycles. The molecular formula is C14H20FNO. The van der Waals surface area contributed by atoms with Crippen LogP contribution in [0.15, 0.2) is 18.2 Å². The van der Waals surface area contributed by atoms with Gasteiger partial charge in [-0.15, -0.1) is 0 Å². The molecule has 0 bridgehead atoms. The number of halogens is 1. The highest BCUT2D eigenvalue weighted by Gasteiger charge is 2.40. The van der Waals surface area contributed by atoms with E-state index in [4.69, 9.17) is 5.73 Å². The number of ketones is 1. The summed E-state index contributed by atoms with van der Waals surface area (Å²) in [5.74, 6) is -0.522. The third-order valence-electron chi connectivity index (χ3n) is 3.48. The van der Waals surface area contributed by atoms with Gasteiger partial charge < -0.3 is 5.73 Å². The van der Waals surface area contributed by atoms with Crippen LogP contribution < -0.4 is 5.73 Å². The molecule has 0 spiro atoms. The van der Waals surface area contributed by atoms with Crippen LogP contribution >= 0.6 is 0 Å². The van der Waals surface area contributed by atoms with Gasteiger partial charge in [0.1, 0.15) is 5.82 Å². The topological polar surface area (TPSA) is 43.1 Å². The number of hydrogen-bond donors (Lipinski definition) is 1. The van der Waals surface area contributed by atoms with Gasteiger partial charge in [0.2, 0.25) is 0 Å². The molecule has 0 atom stereocenters. The average molecular weight is 237 g/mol. The molecule has 0 aliphatic rings. The molecule has 2 N–H and O–H groups in total. The van der Waals surface area contributed by atoms with Crippen molar-refractivity contribution in [3.05, 3.63) is 35.1 Å². The van der Waals surface area contributed by atoms with Crippen LogP contribution in [-0.4, -0.2) is 11.3 Å². The van der Waals surface area contributed by atoms with Gasteiger partial charge >= 0.3 is 0 Å². The minimum absolute atomic E-state index is 0.132. The Morgan fingerprint density at radius 2 is 1.71 bits per heavy atom. The quantitative estimate of drug-likeness (QED) is 0.821. The minimum atomic E-state index is -0.743. The standard InChI is InChI=1S/C14H20FNO/c1-9-6-10(8-11(15)7-9)12(17)13(2,3)14(4,5)16/h6-8H,16H2,1-5H3. The summed E-state index contributed by atoms with van der Waals surface area (Å²) in [5, 5.41) is 0. The lowest BCUT2D eigenvalue weighted by atomic mass is 9.70. The monoisotopic (exact) mass is 237 g/mol. The Morgan fingerprint density at radius 1 is 1.18 bits per heavy atom. The van der Waals surface area contributed by atoms with E-state index in [-0.39, 0.29) is 11.6 Å². The van der Waals surface area contributed by atoms with E-state index in [1.54, 1.807) is 40.7 Å². The van der Waals surface area contributed by atoms with E-state index >= 15 is 0 Å². The smallest absolute Gasteiger partial charge is 0.170 e. The number of carbonyl (C=O) groups is 1. The van der Waals surface area contributed by atoms with Crippen LogP contribution in [0.5, 0.6) is 0 Å². The lowest BCUT2D eigenvalue weighted by Gasteiger charge is -2.37. The van der Waals surface area contributed by atoms with Crippen molar-refractivity contribution in [1.29, 1.82) is 0 Å². The Hall–Kier alpha value is -1.22. The number of rotatable bonds is 3. The maximum atomic E-state index is 13.3. The maximum Gasteiger partial charge on any atom is 0.170 e. The molecule has 0 amide bonds. The number of nitrogens with two attached hydrogens (primary N) is 1. The summed E-state index contributed by atoms with van der Waals surface area (Å²) in [5.41, 5.74) is 5.72. The molecule has 17 heavy (non-hydrogen) atoms. The van der Waals surface area contributed by atoms with Gasteiger partial charge in [0.05, 0.1) is 0 Å². The van der Waals surface area contributed by atoms with Crippen LogP contribution in [0.25, 0.3) is 0 Å². The van der Waals surface area contributed by atoms with Gasteiger partial charge in [-0.25, -0.2) is 4.39 Å². The van der Waals surface area contributed by atoms with Crippen molar-refractivity contribution in [2.75, 3.05) is 0 Å². The van der Waals surface area contributed by atoms with Crippen LogP contribution in [0.3, 0.4) is 0 Å². The normalized spacial score (nSPS) is 12.6. The van der Waals surface area contributed by atoms with Crippen molar-refractivity contribution in [1.82, 2.24) is 0 Å². The highest BCUT2D eigenvalue weighted by atomic mass is 19.1. The van der Waals surface area contributed by atoms with Crippen molar-refractivity contribution in [3.8, 4) is 0 Å². The van der Waals surface area contributed by atoms with Gasteiger partial charge in [0.25, 0.3) is 0 Å². The molecule has 0 aliphatic carbocycles. The van der Waals surface area contributed by atoms with Gasteiger partial charge in [0.15, 0.2) is 5.78 Å². The molecule has 0 fully saturated rings. The van der Waals surface area contributed by atoms with Gasteiger partial charge in [-0.1, -0.05) is 13.8 Å². The molecule has 2 nitrogen and oxygen atoms in total. The first-order valence-electron chi connectivity index (χ1n) is 5.66. The van der Waals surface area contributed by atoms with Crippen molar-refractivity contribution < 1.29 is 9.18 Å². The van der Waals surface area contributed by atoms with Crippen LogP contribution in [-0.2, 0) is 0 Å². The summed E-state index contributed by atoms with van der Waals surface area (Å²) >= 11 is 0. The van der Waals surface area contributed by atoms with E-state index in [1.165, 1.54) is 12.1 Å². The third-order valence-corrected chi connectivity index (χ3v) is 3.48. The number of benzene rings is 1. The van der Waals surface area contributed by atoms with Gasteiger partial charge in [-0.2, -0.15) is 0 Å². The highest BCUT2D eigenvalue weighted by molar-refractivity contribution is 6.01. The fourth-order valence-corrected chi connectivity index (χ4v) is 1.52. The van der Waals surface area contributed by atoms with E-state index in [1.807, 2.05) is 0 Å². The predicted octanol–water partition coefficient (Wildman–Crippen LogP) is 3.08. The molecule has 0 radical (unpaired) electrons. The summed E-state index contributed by atoms with van der Waals surface area (Å²) in [7, 11) is 0. The molecule has 1 aromatic carbocycles. The SMILES string of the molecule is Cc1cc(F)cc(C(=O)C(C)(C)C(C)(C)N)c1. The van der Waals surface area contributed by atoms with Crippen molar-refractivity contribution in [2.24, 2.45) is 11.1 Å². The second kappa shape index (κ2) is 4.22. The van der Waals surface area contributed by atoms with Gasteiger partial charge in [0, 0.05) is 16.5 Å². The van der Waals surface area contributed by atoms with Crippen LogP contribution in [0.1, 0.15) is 43.6 Å². The van der Waals surface area contributed by atoms with Crippen LogP contribution in [0.4, 0.5) is 4.39 Å². The Kier molecular flexibility index (Phi) is 3.44. The van der Waals surface area contributed by atoms with E-state index < -0.39 is 11.0 Å². The van der Waals surface area contributed by atoms with E-state index in [0.717, 1.165) is 5.56 Å². The molecule has 0 saturated carbocycles. The summed E-state index contributed by atoms with van der Waals surface area (Å²) < 4.78 is 13.3. The van der Waals surface area contributed by atoms with E-state index in [0.29, 0.717) is 5.56 Å². The number of aryl methyl sites for hydroxylation is 1. The lowest BCUT2D eigenvalue weighted by Crippen LogP contribution is -2.51. The first kappa shape index (κ1) is 13.8. The van der Waals surface area contributed by atoms with Gasteiger partial charge in [-0.3, -0.25) is 4.79 Å². The summed E-state index contributed by atoms with van der Waals surface area (Å²) in [6.45, 7) is 8.94. The van der Waals surface area contributed by atoms with E-state index in [9.17, 15) is 9.18 Å². The zero-order chi connectivity index (χ0) is 13.4. The predicted molar refractivity (Wildman–Crippen MR) is 67.5 cm³/mol. The summed E-state index contributed by atoms with van der Waals surface area (Å²) in [6.07, 6.45) is 0. The average Bonchev–Trinajstić information content (AvgIpc) is 2.13. The molecule has 94 valence electrons. The molecule has 0 unspecified atom stereocenters. The Bertz CT molecular complexity index is 424. The highest BCUT2D eigenvalue weighted by Crippen LogP contribution is 2.32. The Balaban J connectivity index is 3.21. The minimum Gasteiger partial charge on any atom is -0.325 e. The lowest BCUT2D eigenvalue weighted by molar-refractivity contribution is 0.0734. The maximum absolute atomic E-state index is 13.3.